The summed E-state index contributed by atoms with van der Waals surface area (Å²) in [7, 11) is -0.245. The largest absolute Gasteiger partial charge is 0.394 e. The average molecular weight is 417 g/mol. The predicted molar refractivity (Wildman–Crippen MR) is 125 cm³/mol. The van der Waals surface area contributed by atoms with Gasteiger partial charge < -0.3 is 13.6 Å². The molecule has 28 heavy (non-hydrogen) atoms. The Labute approximate surface area is 178 Å². The van der Waals surface area contributed by atoms with Crippen LogP contribution in [0.2, 0.25) is 12.1 Å². The highest BCUT2D eigenvalue weighted by molar-refractivity contribution is 6.67. The number of unbranched alkanes of at least 4 members (excludes halogenated alkanes) is 14. The van der Waals surface area contributed by atoms with Gasteiger partial charge in [0.15, 0.2) is 0 Å². The van der Waals surface area contributed by atoms with E-state index in [9.17, 15) is 0 Å². The minimum absolute atomic E-state index is 0.664. The van der Waals surface area contributed by atoms with Gasteiger partial charge in [-0.25, -0.2) is 0 Å². The van der Waals surface area contributed by atoms with Crippen molar-refractivity contribution >= 4 is 8.56 Å². The Balaban J connectivity index is 3.40. The molecule has 4 heteroatoms. The zero-order valence-corrected chi connectivity index (χ0v) is 20.9. The second-order valence-electron chi connectivity index (χ2n) is 8.26. The summed E-state index contributed by atoms with van der Waals surface area (Å²) < 4.78 is 17.4. The first-order chi connectivity index (χ1) is 13.7. The number of methoxy groups -OCH3 is 1. The van der Waals surface area contributed by atoms with E-state index in [-0.39, 0.29) is 0 Å². The number of ether oxygens (including phenoxy) is 1. The number of hydrogen-bond acceptors (Lipinski definition) is 3. The quantitative estimate of drug-likeness (QED) is 0.125. The van der Waals surface area contributed by atoms with Gasteiger partial charge in [-0.05, 0) is 18.5 Å². The van der Waals surface area contributed by atoms with Gasteiger partial charge in [-0.15, -0.1) is 0 Å². The Hall–Kier alpha value is 0.0969. The van der Waals surface area contributed by atoms with Crippen molar-refractivity contribution in [2.45, 2.75) is 129 Å². The molecule has 0 aromatic carbocycles. The summed E-state index contributed by atoms with van der Waals surface area (Å²) in [6.45, 7) is 8.91. The average Bonchev–Trinajstić information content (AvgIpc) is 2.72. The zero-order valence-electron chi connectivity index (χ0n) is 19.9. The molecule has 0 saturated heterocycles. The van der Waals surface area contributed by atoms with E-state index in [1.54, 1.807) is 7.11 Å². The second-order valence-corrected chi connectivity index (χ2v) is 12.1. The van der Waals surface area contributed by atoms with Crippen molar-refractivity contribution in [3.8, 4) is 0 Å². The molecule has 0 aliphatic rings. The van der Waals surface area contributed by atoms with Gasteiger partial charge in [-0.3, -0.25) is 0 Å². The molecule has 0 fully saturated rings. The fraction of sp³-hybridized carbons (Fsp3) is 1.00. The lowest BCUT2D eigenvalue weighted by atomic mass is 10.0. The monoisotopic (exact) mass is 416 g/mol. The van der Waals surface area contributed by atoms with Gasteiger partial charge in [0.2, 0.25) is 0 Å². The second kappa shape index (κ2) is 21.8. The van der Waals surface area contributed by atoms with Crippen LogP contribution in [0.15, 0.2) is 0 Å². The van der Waals surface area contributed by atoms with Crippen LogP contribution in [-0.2, 0) is 13.6 Å². The lowest BCUT2D eigenvalue weighted by Gasteiger charge is -2.28. The van der Waals surface area contributed by atoms with Crippen LogP contribution in [0.5, 0.6) is 0 Å². The van der Waals surface area contributed by atoms with Gasteiger partial charge in [-0.1, -0.05) is 111 Å². The third-order valence-electron chi connectivity index (χ3n) is 5.84. The van der Waals surface area contributed by atoms with E-state index in [1.807, 2.05) is 0 Å². The third kappa shape index (κ3) is 17.0. The maximum atomic E-state index is 6.25. The van der Waals surface area contributed by atoms with E-state index in [1.165, 1.54) is 96.3 Å². The van der Waals surface area contributed by atoms with E-state index >= 15 is 0 Å². The van der Waals surface area contributed by atoms with Crippen molar-refractivity contribution < 1.29 is 13.6 Å². The van der Waals surface area contributed by atoms with Gasteiger partial charge in [0, 0.05) is 13.7 Å². The fourth-order valence-electron chi connectivity index (χ4n) is 3.74. The molecule has 0 aliphatic heterocycles. The molecule has 0 rings (SSSR count). The molecule has 0 spiro atoms. The van der Waals surface area contributed by atoms with Gasteiger partial charge >= 0.3 is 8.56 Å². The molecule has 3 nitrogen and oxygen atoms in total. The molecule has 0 N–H and O–H groups in total. The maximum Gasteiger partial charge on any atom is 0.337 e. The first-order valence-electron chi connectivity index (χ1n) is 12.5. The SMILES string of the molecule is CCCCCCCCCCCCCCCCCO[Si](CC)(CC)OCCOC. The standard InChI is InChI=1S/C24H52O3Si/c1-5-8-9-10-11-12-13-14-15-16-17-18-19-20-21-22-26-28(6-2,7-3)27-24-23-25-4/h5-24H2,1-4H3. The molecule has 0 aromatic heterocycles. The van der Waals surface area contributed by atoms with Crippen LogP contribution in [-0.4, -0.2) is 35.5 Å². The summed E-state index contributed by atoms with van der Waals surface area (Å²) in [5, 5.41) is 0. The fourth-order valence-corrected chi connectivity index (χ4v) is 6.11. The molecule has 0 bridgehead atoms. The number of hydrogen-bond donors (Lipinski definition) is 0. The topological polar surface area (TPSA) is 27.7 Å². The van der Waals surface area contributed by atoms with Gasteiger partial charge in [-0.2, -0.15) is 0 Å². The highest BCUT2D eigenvalue weighted by atomic mass is 28.4. The molecule has 0 aliphatic carbocycles. The van der Waals surface area contributed by atoms with Crippen molar-refractivity contribution in [1.29, 1.82) is 0 Å². The van der Waals surface area contributed by atoms with Crippen LogP contribution in [0.25, 0.3) is 0 Å². The zero-order chi connectivity index (χ0) is 20.8. The van der Waals surface area contributed by atoms with Gasteiger partial charge in [0.05, 0.1) is 13.2 Å². The molecule has 0 aromatic rings. The van der Waals surface area contributed by atoms with Crippen LogP contribution in [0.4, 0.5) is 0 Å². The Morgan fingerprint density at radius 3 is 1.25 bits per heavy atom. The summed E-state index contributed by atoms with van der Waals surface area (Å²) in [6, 6.07) is 2.07. The minimum Gasteiger partial charge on any atom is -0.394 e. The Bertz CT molecular complexity index is 296. The van der Waals surface area contributed by atoms with Crippen LogP contribution >= 0.6 is 0 Å². The van der Waals surface area contributed by atoms with E-state index < -0.39 is 8.56 Å². The molecule has 0 unspecified atom stereocenters. The summed E-state index contributed by atoms with van der Waals surface area (Å²) in [5.41, 5.74) is 0. The van der Waals surface area contributed by atoms with Crippen LogP contribution in [0, 0.1) is 0 Å². The highest BCUT2D eigenvalue weighted by Crippen LogP contribution is 2.19. The smallest absolute Gasteiger partial charge is 0.337 e. The van der Waals surface area contributed by atoms with E-state index in [0.29, 0.717) is 13.2 Å². The predicted octanol–water partition coefficient (Wildman–Crippen LogP) is 8.02. The van der Waals surface area contributed by atoms with Crippen molar-refractivity contribution in [1.82, 2.24) is 0 Å². The highest BCUT2D eigenvalue weighted by Gasteiger charge is 2.33. The molecule has 0 heterocycles. The van der Waals surface area contributed by atoms with E-state index in [4.69, 9.17) is 13.6 Å². The molecule has 0 atom stereocenters. The first-order valence-corrected chi connectivity index (χ1v) is 14.7. The Morgan fingerprint density at radius 2 is 0.857 bits per heavy atom. The summed E-state index contributed by atoms with van der Waals surface area (Å²) in [6.07, 6.45) is 21.0. The Kier molecular flexibility index (Phi) is 21.9. The van der Waals surface area contributed by atoms with Crippen molar-refractivity contribution in [3.05, 3.63) is 0 Å². The molecular weight excluding hydrogens is 364 g/mol. The summed E-state index contributed by atoms with van der Waals surface area (Å²) >= 11 is 0. The maximum absolute atomic E-state index is 6.25. The van der Waals surface area contributed by atoms with Crippen LogP contribution in [0.1, 0.15) is 117 Å². The molecule has 0 saturated carbocycles. The Morgan fingerprint density at radius 1 is 0.464 bits per heavy atom. The molecule has 170 valence electrons. The van der Waals surface area contributed by atoms with E-state index in [0.717, 1.165) is 18.7 Å². The molecule has 0 radical (unpaired) electrons. The van der Waals surface area contributed by atoms with Crippen molar-refractivity contribution in [2.24, 2.45) is 0 Å². The number of rotatable bonds is 23. The van der Waals surface area contributed by atoms with Crippen LogP contribution in [0.3, 0.4) is 0 Å². The lowest BCUT2D eigenvalue weighted by Crippen LogP contribution is -2.41. The lowest BCUT2D eigenvalue weighted by molar-refractivity contribution is 0.107. The molecule has 0 amide bonds. The van der Waals surface area contributed by atoms with Crippen LogP contribution < -0.4 is 0 Å². The van der Waals surface area contributed by atoms with E-state index in [2.05, 4.69) is 20.8 Å². The van der Waals surface area contributed by atoms with Gasteiger partial charge in [0.1, 0.15) is 0 Å². The van der Waals surface area contributed by atoms with Crippen molar-refractivity contribution in [3.63, 3.8) is 0 Å². The first kappa shape index (κ1) is 28.1. The minimum atomic E-state index is -1.97. The van der Waals surface area contributed by atoms with Crippen molar-refractivity contribution in [2.75, 3.05) is 26.9 Å². The van der Waals surface area contributed by atoms with Gasteiger partial charge in [0.25, 0.3) is 0 Å². The summed E-state index contributed by atoms with van der Waals surface area (Å²) in [4.78, 5) is 0. The summed E-state index contributed by atoms with van der Waals surface area (Å²) in [5.74, 6) is 0. The normalized spacial score (nSPS) is 12.0. The third-order valence-corrected chi connectivity index (χ3v) is 9.46. The molecular formula is C24H52O3Si.